The fourth-order valence-electron chi connectivity index (χ4n) is 2.46. The number of phenolic OH excluding ortho intramolecular Hbond substituents is 1. The number of hydrogen-bond acceptors (Lipinski definition) is 4. The van der Waals surface area contributed by atoms with Gasteiger partial charge in [-0.2, -0.15) is 0 Å². The molecule has 3 aromatic carbocycles. The maximum Gasteiger partial charge on any atom is 0.226 e. The summed E-state index contributed by atoms with van der Waals surface area (Å²) in [5, 5.41) is 9.30. The second-order valence-corrected chi connectivity index (χ2v) is 5.52. The van der Waals surface area contributed by atoms with Crippen LogP contribution in [0.25, 0.3) is 22.7 Å². The summed E-state index contributed by atoms with van der Waals surface area (Å²) in [6, 6.07) is 24.0. The third-order valence-corrected chi connectivity index (χ3v) is 3.75. The molecule has 4 heteroatoms. The zero-order chi connectivity index (χ0) is 17.1. The van der Waals surface area contributed by atoms with Gasteiger partial charge in [0, 0.05) is 11.1 Å². The summed E-state index contributed by atoms with van der Waals surface area (Å²) in [7, 11) is 0. The molecule has 4 nitrogen and oxygen atoms in total. The average molecular weight is 329 g/mol. The topological polar surface area (TPSA) is 55.5 Å². The fraction of sp³-hybridized carbons (Fsp3) is 0. The van der Waals surface area contributed by atoms with Gasteiger partial charge in [0.05, 0.1) is 0 Å². The Balaban J connectivity index is 1.52. The first-order chi connectivity index (χ1) is 12.3. The standard InChI is InChI=1S/C21H15NO3/c23-17-8-12-19(13-9-17)25-18-10-6-16(7-11-18)21-22-20(14-24-21)15-4-2-1-3-5-15/h1-14,23H. The summed E-state index contributed by atoms with van der Waals surface area (Å²) >= 11 is 0. The van der Waals surface area contributed by atoms with E-state index < -0.39 is 0 Å². The number of nitrogens with zero attached hydrogens (tertiary/aromatic N) is 1. The molecule has 0 atom stereocenters. The van der Waals surface area contributed by atoms with Gasteiger partial charge in [-0.05, 0) is 48.5 Å². The quantitative estimate of drug-likeness (QED) is 0.536. The average Bonchev–Trinajstić information content (AvgIpc) is 3.15. The molecular weight excluding hydrogens is 314 g/mol. The van der Waals surface area contributed by atoms with Crippen molar-refractivity contribution in [2.24, 2.45) is 0 Å². The molecule has 0 aliphatic heterocycles. The number of phenols is 1. The first kappa shape index (κ1) is 15.0. The molecule has 0 bridgehead atoms. The Bertz CT molecular complexity index is 958. The van der Waals surface area contributed by atoms with E-state index in [2.05, 4.69) is 4.98 Å². The first-order valence-electron chi connectivity index (χ1n) is 7.86. The molecule has 25 heavy (non-hydrogen) atoms. The van der Waals surface area contributed by atoms with Crippen molar-refractivity contribution in [2.45, 2.75) is 0 Å². The molecule has 0 amide bonds. The van der Waals surface area contributed by atoms with E-state index in [1.165, 1.54) is 0 Å². The molecular formula is C21H15NO3. The van der Waals surface area contributed by atoms with Crippen LogP contribution < -0.4 is 4.74 Å². The predicted octanol–water partition coefficient (Wildman–Crippen LogP) is 5.51. The number of aromatic nitrogens is 1. The van der Waals surface area contributed by atoms with Crippen molar-refractivity contribution in [3.63, 3.8) is 0 Å². The van der Waals surface area contributed by atoms with Gasteiger partial charge in [-0.3, -0.25) is 0 Å². The zero-order valence-corrected chi connectivity index (χ0v) is 13.3. The Morgan fingerprint density at radius 3 is 2.04 bits per heavy atom. The third kappa shape index (κ3) is 3.38. The van der Waals surface area contributed by atoms with Crippen molar-refractivity contribution < 1.29 is 14.3 Å². The summed E-state index contributed by atoms with van der Waals surface area (Å²) < 4.78 is 11.3. The summed E-state index contributed by atoms with van der Waals surface area (Å²) in [6.45, 7) is 0. The molecule has 0 spiro atoms. The normalized spacial score (nSPS) is 10.6. The van der Waals surface area contributed by atoms with Crippen LogP contribution in [0.3, 0.4) is 0 Å². The van der Waals surface area contributed by atoms with Crippen molar-refractivity contribution in [1.82, 2.24) is 4.98 Å². The van der Waals surface area contributed by atoms with Gasteiger partial charge in [0.25, 0.3) is 0 Å². The van der Waals surface area contributed by atoms with Crippen molar-refractivity contribution >= 4 is 0 Å². The van der Waals surface area contributed by atoms with Crippen LogP contribution in [0.4, 0.5) is 0 Å². The highest BCUT2D eigenvalue weighted by Crippen LogP contribution is 2.28. The molecule has 0 radical (unpaired) electrons. The van der Waals surface area contributed by atoms with E-state index in [4.69, 9.17) is 9.15 Å². The minimum Gasteiger partial charge on any atom is -0.508 e. The molecule has 122 valence electrons. The van der Waals surface area contributed by atoms with Crippen LogP contribution in [-0.2, 0) is 0 Å². The molecule has 1 aromatic heterocycles. The highest BCUT2D eigenvalue weighted by atomic mass is 16.5. The van der Waals surface area contributed by atoms with Gasteiger partial charge in [0.15, 0.2) is 0 Å². The number of oxazole rings is 1. The monoisotopic (exact) mass is 329 g/mol. The Kier molecular flexibility index (Phi) is 3.92. The predicted molar refractivity (Wildman–Crippen MR) is 95.6 cm³/mol. The second-order valence-electron chi connectivity index (χ2n) is 5.52. The Hall–Kier alpha value is -3.53. The number of aromatic hydroxyl groups is 1. The number of hydrogen-bond donors (Lipinski definition) is 1. The van der Waals surface area contributed by atoms with Gasteiger partial charge in [-0.15, -0.1) is 0 Å². The van der Waals surface area contributed by atoms with Crippen molar-refractivity contribution in [3.8, 4) is 40.0 Å². The van der Waals surface area contributed by atoms with Gasteiger partial charge >= 0.3 is 0 Å². The summed E-state index contributed by atoms with van der Waals surface area (Å²) in [5.41, 5.74) is 2.70. The lowest BCUT2D eigenvalue weighted by Gasteiger charge is -2.06. The highest BCUT2D eigenvalue weighted by Gasteiger charge is 2.08. The molecule has 0 unspecified atom stereocenters. The smallest absolute Gasteiger partial charge is 0.226 e. The van der Waals surface area contributed by atoms with Crippen molar-refractivity contribution in [3.05, 3.63) is 85.1 Å². The zero-order valence-electron chi connectivity index (χ0n) is 13.3. The minimum atomic E-state index is 0.209. The Morgan fingerprint density at radius 2 is 1.36 bits per heavy atom. The van der Waals surface area contributed by atoms with E-state index in [9.17, 15) is 5.11 Å². The van der Waals surface area contributed by atoms with E-state index in [0.29, 0.717) is 17.4 Å². The largest absolute Gasteiger partial charge is 0.508 e. The molecule has 4 aromatic rings. The molecule has 0 aliphatic carbocycles. The lowest BCUT2D eigenvalue weighted by molar-refractivity contribution is 0.464. The summed E-state index contributed by atoms with van der Waals surface area (Å²) in [6.07, 6.45) is 1.66. The van der Waals surface area contributed by atoms with Crippen LogP contribution in [0.15, 0.2) is 89.5 Å². The molecule has 4 rings (SSSR count). The van der Waals surface area contributed by atoms with E-state index in [1.54, 1.807) is 30.5 Å². The van der Waals surface area contributed by atoms with E-state index >= 15 is 0 Å². The van der Waals surface area contributed by atoms with Crippen LogP contribution in [0.2, 0.25) is 0 Å². The lowest BCUT2D eigenvalue weighted by atomic mass is 10.2. The Labute approximate surface area is 145 Å². The number of ether oxygens (including phenoxy) is 1. The number of rotatable bonds is 4. The molecule has 0 aliphatic rings. The molecule has 0 saturated heterocycles. The van der Waals surface area contributed by atoms with Crippen LogP contribution in [0, 0.1) is 0 Å². The maximum absolute atomic E-state index is 9.30. The van der Waals surface area contributed by atoms with Crippen LogP contribution in [0.1, 0.15) is 0 Å². The van der Waals surface area contributed by atoms with Gasteiger partial charge in [0.2, 0.25) is 5.89 Å². The van der Waals surface area contributed by atoms with Gasteiger partial charge in [-0.25, -0.2) is 4.98 Å². The minimum absolute atomic E-state index is 0.209. The summed E-state index contributed by atoms with van der Waals surface area (Å²) in [4.78, 5) is 4.54. The lowest BCUT2D eigenvalue weighted by Crippen LogP contribution is -1.84. The van der Waals surface area contributed by atoms with Crippen molar-refractivity contribution in [1.29, 1.82) is 0 Å². The first-order valence-corrected chi connectivity index (χ1v) is 7.86. The van der Waals surface area contributed by atoms with Gasteiger partial charge < -0.3 is 14.3 Å². The van der Waals surface area contributed by atoms with Crippen LogP contribution in [0.5, 0.6) is 17.2 Å². The van der Waals surface area contributed by atoms with Crippen molar-refractivity contribution in [2.75, 3.05) is 0 Å². The molecule has 1 N–H and O–H groups in total. The van der Waals surface area contributed by atoms with E-state index in [1.807, 2.05) is 54.6 Å². The van der Waals surface area contributed by atoms with Crippen LogP contribution in [-0.4, -0.2) is 10.1 Å². The maximum atomic E-state index is 9.30. The van der Waals surface area contributed by atoms with Crippen LogP contribution >= 0.6 is 0 Å². The SMILES string of the molecule is Oc1ccc(Oc2ccc(-c3nc(-c4ccccc4)co3)cc2)cc1. The Morgan fingerprint density at radius 1 is 0.720 bits per heavy atom. The van der Waals surface area contributed by atoms with Gasteiger partial charge in [-0.1, -0.05) is 30.3 Å². The fourth-order valence-corrected chi connectivity index (χ4v) is 2.46. The van der Waals surface area contributed by atoms with E-state index in [-0.39, 0.29) is 5.75 Å². The molecule has 0 fully saturated rings. The molecule has 1 heterocycles. The second kappa shape index (κ2) is 6.53. The van der Waals surface area contributed by atoms with E-state index in [0.717, 1.165) is 16.8 Å². The number of benzene rings is 3. The highest BCUT2D eigenvalue weighted by molar-refractivity contribution is 5.63. The third-order valence-electron chi connectivity index (χ3n) is 3.75. The summed E-state index contributed by atoms with van der Waals surface area (Å²) in [5.74, 6) is 2.13. The molecule has 0 saturated carbocycles. The van der Waals surface area contributed by atoms with Gasteiger partial charge in [0.1, 0.15) is 29.2 Å².